The molecular formula is C16H22N4O. The van der Waals surface area contributed by atoms with Crippen LogP contribution < -0.4 is 5.32 Å². The first-order valence-corrected chi connectivity index (χ1v) is 7.37. The van der Waals surface area contributed by atoms with Crippen molar-refractivity contribution in [2.24, 2.45) is 5.41 Å². The van der Waals surface area contributed by atoms with Crippen LogP contribution in [0, 0.1) is 19.3 Å². The molecule has 1 aliphatic carbocycles. The van der Waals surface area contributed by atoms with E-state index in [-0.39, 0.29) is 5.41 Å². The molecule has 112 valence electrons. The zero-order valence-electron chi connectivity index (χ0n) is 13.3. The second-order valence-electron chi connectivity index (χ2n) is 6.68. The lowest BCUT2D eigenvalue weighted by molar-refractivity contribution is 0.260. The van der Waals surface area contributed by atoms with Crippen molar-refractivity contribution in [1.29, 1.82) is 0 Å². The van der Waals surface area contributed by atoms with Crippen molar-refractivity contribution in [3.05, 3.63) is 28.9 Å². The maximum Gasteiger partial charge on any atom is 0.164 e. The summed E-state index contributed by atoms with van der Waals surface area (Å²) < 4.78 is 5.23. The van der Waals surface area contributed by atoms with E-state index in [1.54, 1.807) is 0 Å². The molecular weight excluding hydrogens is 264 g/mol. The van der Waals surface area contributed by atoms with Gasteiger partial charge in [0.15, 0.2) is 5.82 Å². The largest absolute Gasteiger partial charge is 0.361 e. The highest BCUT2D eigenvalue weighted by atomic mass is 16.5. The highest BCUT2D eigenvalue weighted by Gasteiger charge is 2.33. The molecule has 0 spiro atoms. The van der Waals surface area contributed by atoms with E-state index in [1.807, 2.05) is 27.1 Å². The SMILES string of the molecule is CNC1CC(C)(C)Cc2nc(-c3c(C)noc3C)ncc21. The molecule has 0 fully saturated rings. The van der Waals surface area contributed by atoms with Gasteiger partial charge in [-0.15, -0.1) is 0 Å². The summed E-state index contributed by atoms with van der Waals surface area (Å²) in [5, 5.41) is 7.38. The van der Waals surface area contributed by atoms with Crippen LogP contribution in [0.25, 0.3) is 11.4 Å². The molecule has 2 heterocycles. The molecule has 0 amide bonds. The fraction of sp³-hybridized carbons (Fsp3) is 0.562. The number of hydrogen-bond donors (Lipinski definition) is 1. The summed E-state index contributed by atoms with van der Waals surface area (Å²) in [5.74, 6) is 1.49. The van der Waals surface area contributed by atoms with Gasteiger partial charge in [0, 0.05) is 23.5 Å². The average Bonchev–Trinajstić information content (AvgIpc) is 2.75. The molecule has 5 heteroatoms. The van der Waals surface area contributed by atoms with Crippen molar-refractivity contribution < 1.29 is 4.52 Å². The van der Waals surface area contributed by atoms with Crippen LogP contribution in [0.15, 0.2) is 10.7 Å². The minimum atomic E-state index is 0.241. The van der Waals surface area contributed by atoms with Gasteiger partial charge in [0.1, 0.15) is 5.76 Å². The van der Waals surface area contributed by atoms with Gasteiger partial charge in [0.2, 0.25) is 0 Å². The molecule has 2 aromatic heterocycles. The van der Waals surface area contributed by atoms with E-state index in [2.05, 4.69) is 29.3 Å². The van der Waals surface area contributed by atoms with Crippen molar-refractivity contribution in [2.45, 2.75) is 46.6 Å². The number of fused-ring (bicyclic) bond motifs is 1. The Hall–Kier alpha value is -1.75. The van der Waals surface area contributed by atoms with Crippen LogP contribution >= 0.6 is 0 Å². The highest BCUT2D eigenvalue weighted by Crippen LogP contribution is 2.40. The molecule has 21 heavy (non-hydrogen) atoms. The van der Waals surface area contributed by atoms with Gasteiger partial charge in [0.25, 0.3) is 0 Å². The maximum absolute atomic E-state index is 5.23. The summed E-state index contributed by atoms with van der Waals surface area (Å²) in [6.45, 7) is 8.41. The molecule has 1 unspecified atom stereocenters. The van der Waals surface area contributed by atoms with E-state index in [0.717, 1.165) is 41.4 Å². The molecule has 1 aliphatic rings. The normalized spacial score (nSPS) is 20.3. The Balaban J connectivity index is 2.09. The smallest absolute Gasteiger partial charge is 0.164 e. The summed E-state index contributed by atoms with van der Waals surface area (Å²) in [7, 11) is 2.00. The van der Waals surface area contributed by atoms with Crippen molar-refractivity contribution in [2.75, 3.05) is 7.05 Å². The molecule has 0 saturated carbocycles. The van der Waals surface area contributed by atoms with Gasteiger partial charge in [0.05, 0.1) is 11.3 Å². The number of aryl methyl sites for hydroxylation is 2. The molecule has 0 saturated heterocycles. The zero-order chi connectivity index (χ0) is 15.2. The second kappa shape index (κ2) is 4.91. The van der Waals surface area contributed by atoms with Gasteiger partial charge in [-0.2, -0.15) is 0 Å². The third-order valence-corrected chi connectivity index (χ3v) is 4.28. The number of nitrogens with one attached hydrogen (secondary N) is 1. The highest BCUT2D eigenvalue weighted by molar-refractivity contribution is 5.60. The molecule has 0 aromatic carbocycles. The van der Waals surface area contributed by atoms with E-state index in [9.17, 15) is 0 Å². The first-order valence-electron chi connectivity index (χ1n) is 7.37. The minimum Gasteiger partial charge on any atom is -0.361 e. The van der Waals surface area contributed by atoms with Crippen molar-refractivity contribution >= 4 is 0 Å². The monoisotopic (exact) mass is 286 g/mol. The maximum atomic E-state index is 5.23. The first-order chi connectivity index (χ1) is 9.91. The third-order valence-electron chi connectivity index (χ3n) is 4.28. The van der Waals surface area contributed by atoms with Crippen molar-refractivity contribution in [3.63, 3.8) is 0 Å². The summed E-state index contributed by atoms with van der Waals surface area (Å²) in [6.07, 6.45) is 4.03. The average molecular weight is 286 g/mol. The lowest BCUT2D eigenvalue weighted by atomic mass is 9.74. The Kier molecular flexibility index (Phi) is 3.32. The Morgan fingerprint density at radius 1 is 1.33 bits per heavy atom. The molecule has 1 N–H and O–H groups in total. The van der Waals surface area contributed by atoms with Crippen LogP contribution in [0.5, 0.6) is 0 Å². The third kappa shape index (κ3) is 2.46. The van der Waals surface area contributed by atoms with E-state index >= 15 is 0 Å². The van der Waals surface area contributed by atoms with Gasteiger partial charge in [-0.1, -0.05) is 19.0 Å². The summed E-state index contributed by atoms with van der Waals surface area (Å²) in [4.78, 5) is 9.37. The Morgan fingerprint density at radius 3 is 2.71 bits per heavy atom. The number of rotatable bonds is 2. The van der Waals surface area contributed by atoms with Gasteiger partial charge in [-0.25, -0.2) is 9.97 Å². The number of hydrogen-bond acceptors (Lipinski definition) is 5. The minimum absolute atomic E-state index is 0.241. The predicted molar refractivity (Wildman–Crippen MR) is 80.9 cm³/mol. The lowest BCUT2D eigenvalue weighted by Gasteiger charge is -2.36. The number of nitrogens with zero attached hydrogens (tertiary/aromatic N) is 3. The summed E-state index contributed by atoms with van der Waals surface area (Å²) in [6, 6.07) is 0.322. The fourth-order valence-electron chi connectivity index (χ4n) is 3.23. The van der Waals surface area contributed by atoms with Gasteiger partial charge < -0.3 is 9.84 Å². The second-order valence-corrected chi connectivity index (χ2v) is 6.68. The summed E-state index contributed by atoms with van der Waals surface area (Å²) >= 11 is 0. The van der Waals surface area contributed by atoms with Crippen molar-refractivity contribution in [1.82, 2.24) is 20.4 Å². The topological polar surface area (TPSA) is 63.8 Å². The van der Waals surface area contributed by atoms with Crippen molar-refractivity contribution in [3.8, 4) is 11.4 Å². The predicted octanol–water partition coefficient (Wildman–Crippen LogP) is 2.98. The molecule has 1 atom stereocenters. The van der Waals surface area contributed by atoms with E-state index in [0.29, 0.717) is 6.04 Å². The van der Waals surface area contributed by atoms with Gasteiger partial charge in [-0.3, -0.25) is 0 Å². The Labute approximate surface area is 125 Å². The van der Waals surface area contributed by atoms with E-state index in [1.165, 1.54) is 5.56 Å². The van der Waals surface area contributed by atoms with E-state index in [4.69, 9.17) is 9.51 Å². The molecule has 0 radical (unpaired) electrons. The lowest BCUT2D eigenvalue weighted by Crippen LogP contribution is -2.32. The molecule has 2 aromatic rings. The zero-order valence-corrected chi connectivity index (χ0v) is 13.3. The quantitative estimate of drug-likeness (QED) is 0.919. The Morgan fingerprint density at radius 2 is 2.10 bits per heavy atom. The van der Waals surface area contributed by atoms with Crippen LogP contribution in [-0.4, -0.2) is 22.2 Å². The molecule has 3 rings (SSSR count). The Bertz CT molecular complexity index is 655. The fourth-order valence-corrected chi connectivity index (χ4v) is 3.23. The van der Waals surface area contributed by atoms with Crippen LogP contribution in [0.1, 0.15) is 49.0 Å². The molecule has 0 aliphatic heterocycles. The molecule has 0 bridgehead atoms. The number of aromatic nitrogens is 3. The van der Waals surface area contributed by atoms with Crippen LogP contribution in [0.4, 0.5) is 0 Å². The first kappa shape index (κ1) is 14.2. The van der Waals surface area contributed by atoms with Crippen LogP contribution in [0.3, 0.4) is 0 Å². The van der Waals surface area contributed by atoms with Crippen LogP contribution in [0.2, 0.25) is 0 Å². The van der Waals surface area contributed by atoms with Gasteiger partial charge in [-0.05, 0) is 39.2 Å². The molecule has 5 nitrogen and oxygen atoms in total. The summed E-state index contributed by atoms with van der Waals surface area (Å²) in [5.41, 5.74) is 4.35. The van der Waals surface area contributed by atoms with E-state index < -0.39 is 0 Å². The van der Waals surface area contributed by atoms with Gasteiger partial charge >= 0.3 is 0 Å². The standard InChI is InChI=1S/C16H22N4O/c1-9-14(10(2)21-20-9)15-18-8-11-12(17-5)6-16(3,4)7-13(11)19-15/h8,12,17H,6-7H2,1-5H3. The van der Waals surface area contributed by atoms with Crippen LogP contribution in [-0.2, 0) is 6.42 Å².